The van der Waals surface area contributed by atoms with Crippen molar-refractivity contribution in [1.29, 1.82) is 0 Å². The summed E-state index contributed by atoms with van der Waals surface area (Å²) in [6.45, 7) is 0.560. The highest BCUT2D eigenvalue weighted by molar-refractivity contribution is 6.31. The Bertz CT molecular complexity index is 1380. The fourth-order valence-corrected chi connectivity index (χ4v) is 5.75. The molecule has 3 aliphatic rings. The number of aliphatic hydroxyl groups is 3. The van der Waals surface area contributed by atoms with Crippen molar-refractivity contribution in [1.82, 2.24) is 0 Å². The number of phenolic OH excluding ortho intramolecular Hbond substituents is 2. The lowest BCUT2D eigenvalue weighted by Crippen LogP contribution is -2.53. The average molecular weight is 580 g/mol. The highest BCUT2D eigenvalue weighted by atomic mass is 35.5. The van der Waals surface area contributed by atoms with Gasteiger partial charge in [0.1, 0.15) is 29.5 Å². The van der Waals surface area contributed by atoms with Crippen molar-refractivity contribution in [3.05, 3.63) is 51.6 Å². The number of carbonyl (C=O) groups is 3. The van der Waals surface area contributed by atoms with Crippen LogP contribution < -0.4 is 10.5 Å². The third kappa shape index (κ3) is 4.45. The zero-order valence-corrected chi connectivity index (χ0v) is 22.4. The van der Waals surface area contributed by atoms with E-state index in [-0.39, 0.29) is 46.8 Å². The summed E-state index contributed by atoms with van der Waals surface area (Å²) in [5, 5.41) is 53.7. The molecular weight excluding hydrogens is 550 g/mol. The van der Waals surface area contributed by atoms with Crippen LogP contribution in [-0.4, -0.2) is 86.7 Å². The summed E-state index contributed by atoms with van der Waals surface area (Å²) in [5.74, 6) is -3.77. The largest absolute Gasteiger partial charge is 0.507 e. The normalized spacial score (nSPS) is 29.1. The molecule has 5 rings (SSSR count). The Morgan fingerprint density at radius 3 is 2.45 bits per heavy atom. The van der Waals surface area contributed by atoms with Gasteiger partial charge in [-0.05, 0) is 13.0 Å². The van der Waals surface area contributed by atoms with Crippen molar-refractivity contribution >= 4 is 29.8 Å². The molecule has 0 bridgehead atoms. The van der Waals surface area contributed by atoms with E-state index >= 15 is 0 Å². The second-order valence-corrected chi connectivity index (χ2v) is 10.2. The summed E-state index contributed by atoms with van der Waals surface area (Å²) in [4.78, 5) is 39.7. The van der Waals surface area contributed by atoms with Crippen molar-refractivity contribution in [2.75, 3.05) is 13.7 Å². The number of aliphatic hydroxyl groups excluding tert-OH is 2. The number of halogens is 1. The highest BCUT2D eigenvalue weighted by Crippen LogP contribution is 2.52. The zero-order chi connectivity index (χ0) is 28.4. The maximum atomic E-state index is 13.6. The number of carbonyl (C=O) groups excluding carboxylic acids is 3. The Kier molecular flexibility index (Phi) is 8.00. The zero-order valence-electron chi connectivity index (χ0n) is 21.6. The number of aromatic hydroxyl groups is 2. The van der Waals surface area contributed by atoms with Gasteiger partial charge in [-0.3, -0.25) is 14.4 Å². The summed E-state index contributed by atoms with van der Waals surface area (Å²) in [6.07, 6.45) is -5.12. The number of phenols is 2. The molecule has 7 N–H and O–H groups in total. The van der Waals surface area contributed by atoms with Crippen molar-refractivity contribution in [3.63, 3.8) is 0 Å². The van der Waals surface area contributed by atoms with Gasteiger partial charge >= 0.3 is 0 Å². The quantitative estimate of drug-likeness (QED) is 0.227. The van der Waals surface area contributed by atoms with Crippen molar-refractivity contribution in [3.8, 4) is 17.2 Å². The van der Waals surface area contributed by atoms with Crippen molar-refractivity contribution < 1.29 is 54.1 Å². The molecule has 1 aliphatic heterocycles. The van der Waals surface area contributed by atoms with Gasteiger partial charge in [0.05, 0.1) is 42.1 Å². The van der Waals surface area contributed by atoms with Crippen LogP contribution in [0, 0.1) is 0 Å². The molecule has 216 valence electrons. The molecule has 6 atom stereocenters. The van der Waals surface area contributed by atoms with E-state index in [1.165, 1.54) is 25.3 Å². The molecule has 40 heavy (non-hydrogen) atoms. The molecule has 12 nitrogen and oxygen atoms in total. The number of benzene rings is 2. The van der Waals surface area contributed by atoms with Crippen molar-refractivity contribution in [2.45, 2.75) is 62.4 Å². The SMILES string of the molecule is COc1cccc2c1C(=O)c1c(O)c3c(c(O)c1C2=O)C[C@@](O)(C(=O)CO)C[C@@H]3O[C@H]1C[C@@H](N)[C@@H](O)C(C)O1.Cl. The highest BCUT2D eigenvalue weighted by Gasteiger charge is 2.50. The second-order valence-electron chi connectivity index (χ2n) is 10.2. The van der Waals surface area contributed by atoms with E-state index in [2.05, 4.69) is 0 Å². The third-order valence-corrected chi connectivity index (χ3v) is 7.81. The number of rotatable bonds is 5. The van der Waals surface area contributed by atoms with Gasteiger partial charge in [-0.1, -0.05) is 12.1 Å². The molecule has 0 amide bonds. The number of ketones is 3. The van der Waals surface area contributed by atoms with Crippen molar-refractivity contribution in [2.24, 2.45) is 5.73 Å². The Balaban J connectivity index is 0.00000370. The average Bonchev–Trinajstić information content (AvgIpc) is 2.90. The molecule has 1 fully saturated rings. The summed E-state index contributed by atoms with van der Waals surface area (Å²) in [5.41, 5.74) is 2.37. The minimum atomic E-state index is -2.24. The first-order valence-electron chi connectivity index (χ1n) is 12.4. The lowest BCUT2D eigenvalue weighted by atomic mass is 9.72. The fraction of sp³-hybridized carbons (Fsp3) is 0.444. The van der Waals surface area contributed by atoms with Crippen LogP contribution in [-0.2, 0) is 20.7 Å². The maximum absolute atomic E-state index is 13.6. The molecule has 0 spiro atoms. The molecule has 0 aromatic heterocycles. The predicted octanol–water partition coefficient (Wildman–Crippen LogP) is 0.423. The number of ether oxygens (including phenoxy) is 3. The standard InChI is InChI=1S/C27H29NO11.ClH/c1-10-22(31)13(28)6-17(38-10)39-15-8-27(36,16(30)9-29)7-12-19(15)26(35)21-20(24(12)33)23(32)11-4-3-5-14(37-2)18(11)25(21)34;/h3-5,10,13,15,17,22,29,31,33,35-36H,6-9,28H2,1-2H3;1H/t10?,13-,15+,17+,22+,27+;/m1./s1. The fourth-order valence-electron chi connectivity index (χ4n) is 5.75. The van der Waals surface area contributed by atoms with Gasteiger partial charge in [-0.25, -0.2) is 0 Å². The van der Waals surface area contributed by atoms with E-state index < -0.39 is 95.7 Å². The van der Waals surface area contributed by atoms with Crippen LogP contribution in [0.4, 0.5) is 0 Å². The van der Waals surface area contributed by atoms with E-state index in [0.29, 0.717) is 0 Å². The third-order valence-electron chi connectivity index (χ3n) is 7.81. The van der Waals surface area contributed by atoms with Gasteiger partial charge in [0.2, 0.25) is 5.78 Å². The molecule has 0 radical (unpaired) electrons. The van der Waals surface area contributed by atoms with Crippen LogP contribution in [0.15, 0.2) is 18.2 Å². The smallest absolute Gasteiger partial charge is 0.202 e. The Morgan fingerprint density at radius 2 is 1.82 bits per heavy atom. The molecular formula is C27H30ClNO11. The summed E-state index contributed by atoms with van der Waals surface area (Å²) >= 11 is 0. The van der Waals surface area contributed by atoms with Crippen LogP contribution in [0.2, 0.25) is 0 Å². The molecule has 2 aliphatic carbocycles. The minimum Gasteiger partial charge on any atom is -0.507 e. The van der Waals surface area contributed by atoms with Gasteiger partial charge in [0.15, 0.2) is 17.9 Å². The first kappa shape index (κ1) is 29.9. The van der Waals surface area contributed by atoms with Gasteiger partial charge in [0.25, 0.3) is 0 Å². The number of hydrogen-bond acceptors (Lipinski definition) is 12. The Hall–Kier alpha value is -3.10. The molecule has 0 saturated carbocycles. The number of hydrogen-bond donors (Lipinski definition) is 6. The number of fused-ring (bicyclic) bond motifs is 3. The van der Waals surface area contributed by atoms with E-state index in [1.807, 2.05) is 0 Å². The molecule has 1 unspecified atom stereocenters. The van der Waals surface area contributed by atoms with Crippen LogP contribution in [0.25, 0.3) is 0 Å². The first-order chi connectivity index (χ1) is 18.4. The lowest BCUT2D eigenvalue weighted by Gasteiger charge is -2.42. The number of Topliss-reactive ketones (excluding diaryl/α,β-unsaturated/α-hetero) is 1. The van der Waals surface area contributed by atoms with E-state index in [9.17, 15) is 39.9 Å². The van der Waals surface area contributed by atoms with Gasteiger partial charge < -0.3 is 45.5 Å². The molecule has 13 heteroatoms. The first-order valence-corrected chi connectivity index (χ1v) is 12.4. The van der Waals surface area contributed by atoms with Crippen LogP contribution >= 0.6 is 12.4 Å². The predicted molar refractivity (Wildman–Crippen MR) is 139 cm³/mol. The van der Waals surface area contributed by atoms with E-state index in [1.54, 1.807) is 6.92 Å². The van der Waals surface area contributed by atoms with Gasteiger partial charge in [0, 0.05) is 42.0 Å². The van der Waals surface area contributed by atoms with Gasteiger partial charge in [-0.15, -0.1) is 12.4 Å². The van der Waals surface area contributed by atoms with E-state index in [4.69, 9.17) is 19.9 Å². The Morgan fingerprint density at radius 1 is 1.15 bits per heavy atom. The Labute approximate surface area is 234 Å². The monoisotopic (exact) mass is 579 g/mol. The lowest BCUT2D eigenvalue weighted by molar-refractivity contribution is -0.247. The molecule has 1 heterocycles. The summed E-state index contributed by atoms with van der Waals surface area (Å²) < 4.78 is 17.0. The molecule has 2 aromatic carbocycles. The molecule has 2 aromatic rings. The van der Waals surface area contributed by atoms with Gasteiger partial charge in [-0.2, -0.15) is 0 Å². The topological polar surface area (TPSA) is 206 Å². The summed E-state index contributed by atoms with van der Waals surface area (Å²) in [6, 6.07) is 3.64. The number of nitrogens with two attached hydrogens (primary N) is 1. The van der Waals surface area contributed by atoms with Crippen LogP contribution in [0.3, 0.4) is 0 Å². The summed E-state index contributed by atoms with van der Waals surface area (Å²) in [7, 11) is 1.32. The minimum absolute atomic E-state index is 0. The van der Waals surface area contributed by atoms with E-state index in [0.717, 1.165) is 0 Å². The second kappa shape index (κ2) is 10.7. The van der Waals surface area contributed by atoms with Crippen LogP contribution in [0.1, 0.15) is 68.8 Å². The molecule has 1 saturated heterocycles. The maximum Gasteiger partial charge on any atom is 0.202 e. The van der Waals surface area contributed by atoms with Crippen LogP contribution in [0.5, 0.6) is 17.2 Å². The number of methoxy groups -OCH3 is 1.